The minimum absolute atomic E-state index is 0.00508. The normalized spacial score (nSPS) is 15.4. The van der Waals surface area contributed by atoms with Gasteiger partial charge in [0.25, 0.3) is 5.91 Å². The van der Waals surface area contributed by atoms with Gasteiger partial charge in [0.1, 0.15) is 5.75 Å². The zero-order valence-corrected chi connectivity index (χ0v) is 22.9. The van der Waals surface area contributed by atoms with Gasteiger partial charge in [-0.3, -0.25) is 14.5 Å². The van der Waals surface area contributed by atoms with E-state index in [2.05, 4.69) is 10.2 Å². The van der Waals surface area contributed by atoms with E-state index >= 15 is 0 Å². The lowest BCUT2D eigenvalue weighted by Crippen LogP contribution is -2.31. The number of benzene rings is 2. The van der Waals surface area contributed by atoms with Gasteiger partial charge in [0.15, 0.2) is 15.9 Å². The molecule has 5 rings (SSSR count). The lowest BCUT2D eigenvalue weighted by atomic mass is 9.95. The van der Waals surface area contributed by atoms with Gasteiger partial charge in [-0.05, 0) is 54.4 Å². The number of halogens is 2. The molecule has 3 heterocycles. The van der Waals surface area contributed by atoms with E-state index < -0.39 is 23.5 Å². The average molecular weight is 588 g/mol. The summed E-state index contributed by atoms with van der Waals surface area (Å²) in [5, 5.41) is 20.6. The Balaban J connectivity index is 1.47. The van der Waals surface area contributed by atoms with E-state index in [0.29, 0.717) is 38.1 Å². The molecule has 194 valence electrons. The monoisotopic (exact) mass is 587 g/mol. The number of hydrogen-bond donors (Lipinski definition) is 1. The Morgan fingerprint density at radius 3 is 2.66 bits per heavy atom. The first-order valence-electron chi connectivity index (χ1n) is 11.3. The van der Waals surface area contributed by atoms with Crippen molar-refractivity contribution in [2.24, 2.45) is 0 Å². The van der Waals surface area contributed by atoms with Crippen molar-refractivity contribution >= 4 is 63.1 Å². The number of anilines is 1. The number of Topliss-reactive ketones (excluding diaryl/α,β-unsaturated/α-hetero) is 1. The van der Waals surface area contributed by atoms with Gasteiger partial charge in [0, 0.05) is 15.8 Å². The predicted octanol–water partition coefficient (Wildman–Crippen LogP) is 6.91. The van der Waals surface area contributed by atoms with Gasteiger partial charge in [-0.25, -0.2) is 0 Å². The molecule has 0 saturated carbocycles. The van der Waals surface area contributed by atoms with Crippen molar-refractivity contribution in [3.8, 4) is 5.75 Å². The van der Waals surface area contributed by atoms with E-state index in [1.54, 1.807) is 42.5 Å². The third kappa shape index (κ3) is 5.17. The van der Waals surface area contributed by atoms with Gasteiger partial charge in [-0.2, -0.15) is 0 Å². The number of carbonyl (C=O) groups excluding carboxylic acids is 2. The number of amides is 1. The summed E-state index contributed by atoms with van der Waals surface area (Å²) in [6.07, 6.45) is 1.35. The summed E-state index contributed by atoms with van der Waals surface area (Å²) in [7, 11) is 0. The van der Waals surface area contributed by atoms with E-state index in [4.69, 9.17) is 32.4 Å². The summed E-state index contributed by atoms with van der Waals surface area (Å²) in [5.74, 6) is -0.874. The highest BCUT2D eigenvalue weighted by atomic mass is 35.5. The molecule has 1 unspecified atom stereocenters. The molecule has 0 saturated heterocycles. The van der Waals surface area contributed by atoms with Crippen LogP contribution in [-0.4, -0.2) is 33.6 Å². The van der Waals surface area contributed by atoms with Crippen molar-refractivity contribution < 1.29 is 23.8 Å². The number of carbonyl (C=O) groups is 2. The molecule has 0 aliphatic carbocycles. The molecule has 1 atom stereocenters. The number of aromatic nitrogens is 2. The van der Waals surface area contributed by atoms with Crippen LogP contribution in [0.2, 0.25) is 10.0 Å². The van der Waals surface area contributed by atoms with Gasteiger partial charge in [-0.15, -0.1) is 10.2 Å². The number of nitrogens with zero attached hydrogens (tertiary/aromatic N) is 3. The zero-order chi connectivity index (χ0) is 26.8. The smallest absolute Gasteiger partial charge is 0.296 e. The first kappa shape index (κ1) is 26.3. The number of ether oxygens (including phenoxy) is 1. The Kier molecular flexibility index (Phi) is 7.75. The van der Waals surface area contributed by atoms with Crippen molar-refractivity contribution in [1.29, 1.82) is 0 Å². The van der Waals surface area contributed by atoms with Crippen LogP contribution in [0.5, 0.6) is 5.75 Å². The number of hydrogen-bond acceptors (Lipinski definition) is 9. The van der Waals surface area contributed by atoms with E-state index in [1.807, 2.05) is 13.0 Å². The molecule has 38 heavy (non-hydrogen) atoms. The van der Waals surface area contributed by atoms with Crippen LogP contribution in [0.3, 0.4) is 0 Å². The lowest BCUT2D eigenvalue weighted by Gasteiger charge is -2.24. The van der Waals surface area contributed by atoms with Gasteiger partial charge in [0.05, 0.1) is 24.5 Å². The standard InChI is InChI=1S/C26H19Cl2N3O5S2/c1-2-35-17-9-6-14(7-10-17)21-20(22(32)19-4-3-11-36-19)23(33)24(34)31(21)25-29-30-26(38-25)37-13-15-5-8-16(27)12-18(15)28/h3-12,21,33H,2,13H2,1H3. The summed E-state index contributed by atoms with van der Waals surface area (Å²) in [6, 6.07) is 14.3. The Hall–Kier alpha value is -3.31. The molecule has 0 radical (unpaired) electrons. The third-order valence-corrected chi connectivity index (χ3v) is 8.36. The van der Waals surface area contributed by atoms with E-state index in [9.17, 15) is 14.7 Å². The van der Waals surface area contributed by atoms with Crippen LogP contribution in [0.4, 0.5) is 5.13 Å². The van der Waals surface area contributed by atoms with Gasteiger partial charge >= 0.3 is 0 Å². The summed E-state index contributed by atoms with van der Waals surface area (Å²) in [4.78, 5) is 27.9. The van der Waals surface area contributed by atoms with Crippen LogP contribution in [0.15, 0.2) is 80.9 Å². The Labute approximate surface area is 235 Å². The maximum absolute atomic E-state index is 13.3. The molecular weight excluding hydrogens is 569 g/mol. The quantitative estimate of drug-likeness (QED) is 0.128. The molecule has 12 heteroatoms. The topological polar surface area (TPSA) is 106 Å². The molecule has 0 bridgehead atoms. The minimum Gasteiger partial charge on any atom is -0.503 e. The van der Waals surface area contributed by atoms with E-state index in [1.165, 1.54) is 29.0 Å². The van der Waals surface area contributed by atoms with Crippen LogP contribution < -0.4 is 9.64 Å². The van der Waals surface area contributed by atoms with Crippen LogP contribution in [0.1, 0.15) is 34.6 Å². The third-order valence-electron chi connectivity index (χ3n) is 5.67. The van der Waals surface area contributed by atoms with Gasteiger partial charge in [-0.1, -0.05) is 64.5 Å². The highest BCUT2D eigenvalue weighted by Gasteiger charge is 2.46. The molecule has 0 spiro atoms. The second-order valence-electron chi connectivity index (χ2n) is 8.02. The number of thioether (sulfide) groups is 1. The Morgan fingerprint density at radius 2 is 1.97 bits per heavy atom. The van der Waals surface area contributed by atoms with Crippen LogP contribution >= 0.6 is 46.3 Å². The number of aliphatic hydroxyl groups excluding tert-OH is 1. The first-order chi connectivity index (χ1) is 18.4. The number of ketones is 1. The maximum atomic E-state index is 13.3. The Morgan fingerprint density at radius 1 is 1.18 bits per heavy atom. The maximum Gasteiger partial charge on any atom is 0.296 e. The summed E-state index contributed by atoms with van der Waals surface area (Å²) in [5.41, 5.74) is 1.34. The largest absolute Gasteiger partial charge is 0.503 e. The molecule has 2 aromatic heterocycles. The molecule has 8 nitrogen and oxygen atoms in total. The highest BCUT2D eigenvalue weighted by Crippen LogP contribution is 2.44. The zero-order valence-electron chi connectivity index (χ0n) is 19.8. The summed E-state index contributed by atoms with van der Waals surface area (Å²) in [6.45, 7) is 2.36. The van der Waals surface area contributed by atoms with E-state index in [-0.39, 0.29) is 16.5 Å². The van der Waals surface area contributed by atoms with Crippen LogP contribution in [0.25, 0.3) is 0 Å². The fourth-order valence-corrected chi connectivity index (χ4v) is 6.37. The van der Waals surface area contributed by atoms with Crippen molar-refractivity contribution in [1.82, 2.24) is 10.2 Å². The van der Waals surface area contributed by atoms with Gasteiger partial charge < -0.3 is 14.3 Å². The first-order valence-corrected chi connectivity index (χ1v) is 13.9. The van der Waals surface area contributed by atoms with Crippen molar-refractivity contribution in [3.05, 3.63) is 99.1 Å². The molecule has 1 amide bonds. The SMILES string of the molecule is CCOc1ccc(C2C(C(=O)c3ccco3)=C(O)C(=O)N2c2nnc(SCc3ccc(Cl)cc3Cl)s2)cc1. The fraction of sp³-hybridized carbons (Fsp3) is 0.154. The molecule has 1 aliphatic rings. The molecular formula is C26H19Cl2N3O5S2. The summed E-state index contributed by atoms with van der Waals surface area (Å²) >= 11 is 14.8. The second-order valence-corrected chi connectivity index (χ2v) is 11.0. The van der Waals surface area contributed by atoms with Crippen LogP contribution in [-0.2, 0) is 10.5 Å². The Bertz CT molecular complexity index is 1520. The molecule has 1 aliphatic heterocycles. The van der Waals surface area contributed by atoms with Crippen molar-refractivity contribution in [3.63, 3.8) is 0 Å². The lowest BCUT2D eigenvalue weighted by molar-refractivity contribution is -0.117. The number of furan rings is 1. The average Bonchev–Trinajstić information content (AvgIpc) is 3.65. The molecule has 2 aromatic carbocycles. The van der Waals surface area contributed by atoms with E-state index in [0.717, 1.165) is 16.9 Å². The molecule has 0 fully saturated rings. The van der Waals surface area contributed by atoms with Gasteiger partial charge in [0.2, 0.25) is 10.9 Å². The molecule has 1 N–H and O–H groups in total. The fourth-order valence-electron chi connectivity index (χ4n) is 3.94. The summed E-state index contributed by atoms with van der Waals surface area (Å²) < 4.78 is 11.4. The minimum atomic E-state index is -0.952. The van der Waals surface area contributed by atoms with Crippen molar-refractivity contribution in [2.45, 2.75) is 23.1 Å². The highest BCUT2D eigenvalue weighted by molar-refractivity contribution is 8.00. The number of rotatable bonds is 9. The van der Waals surface area contributed by atoms with Crippen LogP contribution in [0, 0.1) is 0 Å². The number of aliphatic hydroxyl groups is 1. The predicted molar refractivity (Wildman–Crippen MR) is 146 cm³/mol. The second kappa shape index (κ2) is 11.2. The van der Waals surface area contributed by atoms with Crippen molar-refractivity contribution in [2.75, 3.05) is 11.5 Å². The molecule has 4 aromatic rings.